The quantitative estimate of drug-likeness (QED) is 0.889. The van der Waals surface area contributed by atoms with Crippen LogP contribution in [0.2, 0.25) is 0 Å². The maximum Gasteiger partial charge on any atom is 0.183 e. The third kappa shape index (κ3) is 3.07. The van der Waals surface area contributed by atoms with Crippen molar-refractivity contribution >= 4 is 32.4 Å². The number of nitrogens with one attached hydrogen (secondary N) is 1. The van der Waals surface area contributed by atoms with Crippen LogP contribution < -0.4 is 5.32 Å². The lowest BCUT2D eigenvalue weighted by Crippen LogP contribution is -2.06. The summed E-state index contributed by atoms with van der Waals surface area (Å²) < 4.78 is 1.11. The molecule has 1 unspecified atom stereocenters. The Morgan fingerprint density at radius 1 is 1.35 bits per heavy atom. The summed E-state index contributed by atoms with van der Waals surface area (Å²) in [4.78, 5) is 5.77. The summed E-state index contributed by atoms with van der Waals surface area (Å²) in [7, 11) is 0. The standard InChI is InChI=1S/C13H15BrN2S/c1-8-10(3)17-13(15-8)16-9(2)11-5-4-6-12(14)7-11/h4-7,9H,1-3H3,(H,15,16). The number of hydrogen-bond donors (Lipinski definition) is 1. The van der Waals surface area contributed by atoms with Crippen molar-refractivity contribution < 1.29 is 0 Å². The summed E-state index contributed by atoms with van der Waals surface area (Å²) in [6.45, 7) is 6.29. The van der Waals surface area contributed by atoms with Gasteiger partial charge in [-0.25, -0.2) is 4.98 Å². The van der Waals surface area contributed by atoms with E-state index < -0.39 is 0 Å². The molecule has 0 saturated heterocycles. The van der Waals surface area contributed by atoms with Gasteiger partial charge in [-0.3, -0.25) is 0 Å². The van der Waals surface area contributed by atoms with E-state index in [0.29, 0.717) is 0 Å². The number of thiazole rings is 1. The number of aromatic nitrogens is 1. The smallest absolute Gasteiger partial charge is 0.183 e. The molecule has 1 atom stereocenters. The van der Waals surface area contributed by atoms with Gasteiger partial charge < -0.3 is 5.32 Å². The van der Waals surface area contributed by atoms with Crippen LogP contribution in [0, 0.1) is 13.8 Å². The van der Waals surface area contributed by atoms with Gasteiger partial charge in [0.05, 0.1) is 11.7 Å². The van der Waals surface area contributed by atoms with E-state index in [1.54, 1.807) is 11.3 Å². The van der Waals surface area contributed by atoms with Crippen LogP contribution in [0.25, 0.3) is 0 Å². The normalized spacial score (nSPS) is 12.5. The molecule has 1 aromatic heterocycles. The van der Waals surface area contributed by atoms with Gasteiger partial charge in [0, 0.05) is 9.35 Å². The van der Waals surface area contributed by atoms with Crippen molar-refractivity contribution in [1.82, 2.24) is 4.98 Å². The van der Waals surface area contributed by atoms with E-state index in [0.717, 1.165) is 15.3 Å². The molecule has 0 radical (unpaired) electrons. The van der Waals surface area contributed by atoms with Crippen LogP contribution in [0.15, 0.2) is 28.7 Å². The van der Waals surface area contributed by atoms with Gasteiger partial charge in [0.15, 0.2) is 5.13 Å². The first-order valence-corrected chi connectivity index (χ1v) is 7.13. The fourth-order valence-corrected chi connectivity index (χ4v) is 2.90. The van der Waals surface area contributed by atoms with Gasteiger partial charge in [0.1, 0.15) is 0 Å². The zero-order chi connectivity index (χ0) is 12.4. The lowest BCUT2D eigenvalue weighted by Gasteiger charge is -2.13. The van der Waals surface area contributed by atoms with Gasteiger partial charge in [-0.05, 0) is 38.5 Å². The Kier molecular flexibility index (Phi) is 3.84. The number of nitrogens with zero attached hydrogens (tertiary/aromatic N) is 1. The van der Waals surface area contributed by atoms with E-state index in [-0.39, 0.29) is 6.04 Å². The van der Waals surface area contributed by atoms with Crippen LogP contribution in [0.3, 0.4) is 0 Å². The molecule has 0 amide bonds. The predicted molar refractivity (Wildman–Crippen MR) is 77.8 cm³/mol. The minimum Gasteiger partial charge on any atom is -0.355 e. The second-order valence-corrected chi connectivity index (χ2v) is 6.20. The van der Waals surface area contributed by atoms with Crippen LogP contribution in [0.5, 0.6) is 0 Å². The molecule has 4 heteroatoms. The summed E-state index contributed by atoms with van der Waals surface area (Å²) in [5, 5.41) is 4.43. The van der Waals surface area contributed by atoms with Crippen molar-refractivity contribution in [3.63, 3.8) is 0 Å². The molecular weight excluding hydrogens is 296 g/mol. The molecule has 0 fully saturated rings. The van der Waals surface area contributed by atoms with Crippen molar-refractivity contribution in [2.45, 2.75) is 26.8 Å². The molecule has 0 aliphatic heterocycles. The average Bonchev–Trinajstić information content (AvgIpc) is 2.58. The number of hydrogen-bond acceptors (Lipinski definition) is 3. The topological polar surface area (TPSA) is 24.9 Å². The van der Waals surface area contributed by atoms with Gasteiger partial charge in [-0.1, -0.05) is 28.1 Å². The molecule has 0 spiro atoms. The van der Waals surface area contributed by atoms with Crippen molar-refractivity contribution in [3.8, 4) is 0 Å². The molecule has 0 aliphatic rings. The highest BCUT2D eigenvalue weighted by Crippen LogP contribution is 2.26. The third-order valence-corrected chi connectivity index (χ3v) is 4.21. The number of aryl methyl sites for hydroxylation is 2. The van der Waals surface area contributed by atoms with Gasteiger partial charge in [0.2, 0.25) is 0 Å². The lowest BCUT2D eigenvalue weighted by molar-refractivity contribution is 0.879. The maximum absolute atomic E-state index is 4.49. The molecule has 1 heterocycles. The first-order chi connectivity index (χ1) is 8.06. The molecule has 1 aromatic carbocycles. The zero-order valence-corrected chi connectivity index (χ0v) is 12.5. The molecule has 2 rings (SSSR count). The van der Waals surface area contributed by atoms with Crippen LogP contribution in [0.4, 0.5) is 5.13 Å². The van der Waals surface area contributed by atoms with Crippen molar-refractivity contribution in [2.24, 2.45) is 0 Å². The minimum atomic E-state index is 0.262. The monoisotopic (exact) mass is 310 g/mol. The van der Waals surface area contributed by atoms with Gasteiger partial charge >= 0.3 is 0 Å². The first kappa shape index (κ1) is 12.6. The van der Waals surface area contributed by atoms with Crippen molar-refractivity contribution in [3.05, 3.63) is 44.9 Å². The Morgan fingerprint density at radius 2 is 2.12 bits per heavy atom. The van der Waals surface area contributed by atoms with Gasteiger partial charge in [-0.2, -0.15) is 0 Å². The van der Waals surface area contributed by atoms with E-state index in [2.05, 4.69) is 58.3 Å². The number of benzene rings is 1. The number of halogens is 1. The van der Waals surface area contributed by atoms with E-state index in [9.17, 15) is 0 Å². The summed E-state index contributed by atoms with van der Waals surface area (Å²) in [6.07, 6.45) is 0. The molecule has 0 saturated carbocycles. The van der Waals surface area contributed by atoms with Crippen molar-refractivity contribution in [2.75, 3.05) is 5.32 Å². The van der Waals surface area contributed by atoms with Crippen molar-refractivity contribution in [1.29, 1.82) is 0 Å². The summed E-state index contributed by atoms with van der Waals surface area (Å²) in [5.41, 5.74) is 2.36. The highest BCUT2D eigenvalue weighted by molar-refractivity contribution is 9.10. The zero-order valence-electron chi connectivity index (χ0n) is 10.1. The number of anilines is 1. The second-order valence-electron chi connectivity index (χ2n) is 4.08. The van der Waals surface area contributed by atoms with E-state index >= 15 is 0 Å². The van der Waals surface area contributed by atoms with E-state index in [4.69, 9.17) is 0 Å². The molecular formula is C13H15BrN2S. The minimum absolute atomic E-state index is 0.262. The summed E-state index contributed by atoms with van der Waals surface area (Å²) >= 11 is 5.20. The lowest BCUT2D eigenvalue weighted by atomic mass is 10.1. The van der Waals surface area contributed by atoms with Crippen LogP contribution >= 0.6 is 27.3 Å². The van der Waals surface area contributed by atoms with Crippen LogP contribution in [-0.2, 0) is 0 Å². The Morgan fingerprint density at radius 3 is 2.71 bits per heavy atom. The van der Waals surface area contributed by atoms with Gasteiger partial charge in [0.25, 0.3) is 0 Å². The molecule has 17 heavy (non-hydrogen) atoms. The molecule has 2 nitrogen and oxygen atoms in total. The Labute approximate surface area is 114 Å². The van der Waals surface area contributed by atoms with E-state index in [1.807, 2.05) is 13.0 Å². The summed E-state index contributed by atoms with van der Waals surface area (Å²) in [6, 6.07) is 8.60. The Bertz CT molecular complexity index is 502. The molecule has 1 N–H and O–H groups in total. The Hall–Kier alpha value is -0.870. The second kappa shape index (κ2) is 5.19. The van der Waals surface area contributed by atoms with Gasteiger partial charge in [-0.15, -0.1) is 11.3 Å². The van der Waals surface area contributed by atoms with Crippen LogP contribution in [0.1, 0.15) is 29.1 Å². The average molecular weight is 311 g/mol. The highest BCUT2D eigenvalue weighted by Gasteiger charge is 2.09. The molecule has 0 aliphatic carbocycles. The fraction of sp³-hybridized carbons (Fsp3) is 0.308. The maximum atomic E-state index is 4.49. The Balaban J connectivity index is 2.14. The highest BCUT2D eigenvalue weighted by atomic mass is 79.9. The third-order valence-electron chi connectivity index (χ3n) is 2.72. The number of rotatable bonds is 3. The summed E-state index contributed by atoms with van der Waals surface area (Å²) in [5.74, 6) is 0. The molecule has 2 aromatic rings. The molecule has 90 valence electrons. The van der Waals surface area contributed by atoms with E-state index in [1.165, 1.54) is 10.4 Å². The SMILES string of the molecule is Cc1nc(NC(C)c2cccc(Br)c2)sc1C. The predicted octanol–water partition coefficient (Wildman–Crippen LogP) is 4.70. The first-order valence-electron chi connectivity index (χ1n) is 5.52. The largest absolute Gasteiger partial charge is 0.355 e. The fourth-order valence-electron chi connectivity index (χ4n) is 1.58. The van der Waals surface area contributed by atoms with Crippen LogP contribution in [-0.4, -0.2) is 4.98 Å². The molecule has 0 bridgehead atoms.